The number of pyridine rings is 2. The molecule has 2 aromatic heterocycles. The Morgan fingerprint density at radius 1 is 1.24 bits per heavy atom. The van der Waals surface area contributed by atoms with Crippen LogP contribution in [0.15, 0.2) is 58.3 Å². The van der Waals surface area contributed by atoms with Gasteiger partial charge in [0.1, 0.15) is 5.69 Å². The van der Waals surface area contributed by atoms with E-state index in [4.69, 9.17) is 5.73 Å². The van der Waals surface area contributed by atoms with Gasteiger partial charge in [-0.3, -0.25) is 18.9 Å². The van der Waals surface area contributed by atoms with Gasteiger partial charge in [-0.1, -0.05) is 30.3 Å². The van der Waals surface area contributed by atoms with Crippen LogP contribution in [0.1, 0.15) is 41.3 Å². The standard InChI is InChI=1S/C24H25N5O4S/c1-15-18(13-22(30)26-2)12-19(25)23(27-15)29-21(17-8-9-17)11-10-20(24(29)31)28-34(32,33)14-16-6-4-3-5-7-16/h3-7,10-12,17,28H,2,8-9,13-14,25H2,1H3. The molecule has 0 radical (unpaired) electrons. The number of rotatable bonds is 8. The van der Waals surface area contributed by atoms with Crippen molar-refractivity contribution in [3.05, 3.63) is 81.4 Å². The highest BCUT2D eigenvalue weighted by Crippen LogP contribution is 2.41. The van der Waals surface area contributed by atoms with Crippen molar-refractivity contribution in [2.24, 2.45) is 4.99 Å². The average Bonchev–Trinajstić information content (AvgIpc) is 3.63. The zero-order valence-corrected chi connectivity index (χ0v) is 19.5. The maximum absolute atomic E-state index is 13.5. The Bertz CT molecular complexity index is 1430. The summed E-state index contributed by atoms with van der Waals surface area (Å²) < 4.78 is 29.3. The number of anilines is 2. The van der Waals surface area contributed by atoms with Crippen molar-refractivity contribution in [1.82, 2.24) is 9.55 Å². The average molecular weight is 480 g/mol. The molecule has 3 N–H and O–H groups in total. The Morgan fingerprint density at radius 3 is 2.59 bits per heavy atom. The van der Waals surface area contributed by atoms with Crippen LogP contribution in [-0.4, -0.2) is 30.6 Å². The summed E-state index contributed by atoms with van der Waals surface area (Å²) in [7, 11) is -3.84. The van der Waals surface area contributed by atoms with E-state index < -0.39 is 21.5 Å². The van der Waals surface area contributed by atoms with E-state index in [1.165, 1.54) is 10.6 Å². The van der Waals surface area contributed by atoms with Crippen LogP contribution in [-0.2, 0) is 27.0 Å². The molecule has 176 valence electrons. The number of aryl methyl sites for hydroxylation is 1. The number of nitrogens with zero attached hydrogens (tertiary/aromatic N) is 3. The van der Waals surface area contributed by atoms with E-state index in [9.17, 15) is 18.0 Å². The van der Waals surface area contributed by atoms with Crippen molar-refractivity contribution in [3.8, 4) is 5.82 Å². The molecule has 2 heterocycles. The summed E-state index contributed by atoms with van der Waals surface area (Å²) >= 11 is 0. The molecule has 34 heavy (non-hydrogen) atoms. The van der Waals surface area contributed by atoms with Gasteiger partial charge >= 0.3 is 0 Å². The Kier molecular flexibility index (Phi) is 6.34. The quantitative estimate of drug-likeness (QED) is 0.477. The summed E-state index contributed by atoms with van der Waals surface area (Å²) in [5, 5.41) is 0. The van der Waals surface area contributed by atoms with Gasteiger partial charge < -0.3 is 5.73 Å². The summed E-state index contributed by atoms with van der Waals surface area (Å²) in [5.74, 6) is -0.314. The number of hydrogen-bond donors (Lipinski definition) is 2. The first kappa shape index (κ1) is 23.4. The topological polar surface area (TPSA) is 137 Å². The van der Waals surface area contributed by atoms with Crippen molar-refractivity contribution in [3.63, 3.8) is 0 Å². The highest BCUT2D eigenvalue weighted by atomic mass is 32.2. The molecule has 0 saturated heterocycles. The number of carbonyl (C=O) groups is 1. The number of aromatic nitrogens is 2. The lowest BCUT2D eigenvalue weighted by atomic mass is 10.1. The molecule has 3 aromatic rings. The molecule has 0 spiro atoms. The Labute approximate surface area is 197 Å². The molecule has 0 bridgehead atoms. The van der Waals surface area contributed by atoms with E-state index in [0.29, 0.717) is 22.5 Å². The number of aliphatic imine (C=N–C) groups is 1. The number of hydrogen-bond acceptors (Lipinski definition) is 6. The maximum Gasteiger partial charge on any atom is 0.280 e. The van der Waals surface area contributed by atoms with E-state index in [1.807, 2.05) is 0 Å². The third-order valence-electron chi connectivity index (χ3n) is 5.63. The monoisotopic (exact) mass is 479 g/mol. The third kappa shape index (κ3) is 5.07. The summed E-state index contributed by atoms with van der Waals surface area (Å²) in [6.07, 6.45) is 1.82. The van der Waals surface area contributed by atoms with Crippen LogP contribution in [0.3, 0.4) is 0 Å². The molecule has 1 aliphatic carbocycles. The summed E-state index contributed by atoms with van der Waals surface area (Å²) in [5.41, 5.74) is 8.23. The molecule has 1 amide bonds. The smallest absolute Gasteiger partial charge is 0.280 e. The number of nitrogens with two attached hydrogens (primary N) is 1. The molecule has 0 atom stereocenters. The maximum atomic E-state index is 13.5. The van der Waals surface area contributed by atoms with E-state index in [0.717, 1.165) is 12.8 Å². The van der Waals surface area contributed by atoms with E-state index in [1.54, 1.807) is 49.4 Å². The number of benzene rings is 1. The van der Waals surface area contributed by atoms with Crippen molar-refractivity contribution < 1.29 is 13.2 Å². The molecule has 9 nitrogen and oxygen atoms in total. The van der Waals surface area contributed by atoms with Gasteiger partial charge in [-0.15, -0.1) is 0 Å². The number of amides is 1. The molecular formula is C24H25N5O4S. The fourth-order valence-electron chi connectivity index (χ4n) is 3.77. The van der Waals surface area contributed by atoms with Crippen LogP contribution in [0.25, 0.3) is 5.82 Å². The summed E-state index contributed by atoms with van der Waals surface area (Å²) in [6.45, 7) is 4.95. The Balaban J connectivity index is 1.75. The summed E-state index contributed by atoms with van der Waals surface area (Å²) in [4.78, 5) is 33.1. The zero-order chi connectivity index (χ0) is 24.5. The minimum absolute atomic E-state index is 0.00345. The largest absolute Gasteiger partial charge is 0.396 e. The van der Waals surface area contributed by atoms with E-state index >= 15 is 0 Å². The van der Waals surface area contributed by atoms with Crippen molar-refractivity contribution >= 4 is 34.0 Å². The van der Waals surface area contributed by atoms with Gasteiger partial charge in [0.2, 0.25) is 15.9 Å². The van der Waals surface area contributed by atoms with Crippen molar-refractivity contribution in [1.29, 1.82) is 0 Å². The summed E-state index contributed by atoms with van der Waals surface area (Å²) in [6, 6.07) is 13.5. The lowest BCUT2D eigenvalue weighted by molar-refractivity contribution is -0.117. The zero-order valence-electron chi connectivity index (χ0n) is 18.7. The first-order chi connectivity index (χ1) is 16.2. The minimum atomic E-state index is -3.84. The van der Waals surface area contributed by atoms with E-state index in [-0.39, 0.29) is 35.3 Å². The van der Waals surface area contributed by atoms with Gasteiger partial charge in [0, 0.05) is 11.4 Å². The van der Waals surface area contributed by atoms with Gasteiger partial charge in [-0.05, 0) is 61.7 Å². The second-order valence-electron chi connectivity index (χ2n) is 8.31. The molecular weight excluding hydrogens is 454 g/mol. The van der Waals surface area contributed by atoms with Gasteiger partial charge in [0.15, 0.2) is 5.82 Å². The first-order valence-electron chi connectivity index (χ1n) is 10.7. The lowest BCUT2D eigenvalue weighted by Gasteiger charge is -2.17. The molecule has 1 fully saturated rings. The SMILES string of the molecule is C=NC(=O)Cc1cc(N)c(-n2c(C3CC3)ccc(NS(=O)(=O)Cc3ccccc3)c2=O)nc1C. The molecule has 1 aliphatic rings. The van der Waals surface area contributed by atoms with Crippen LogP contribution in [0.2, 0.25) is 0 Å². The Hall–Kier alpha value is -3.79. The predicted octanol–water partition coefficient (Wildman–Crippen LogP) is 2.71. The predicted molar refractivity (Wildman–Crippen MR) is 132 cm³/mol. The molecule has 1 aromatic carbocycles. The van der Waals surface area contributed by atoms with Crippen LogP contribution in [0, 0.1) is 6.92 Å². The van der Waals surface area contributed by atoms with Crippen LogP contribution >= 0.6 is 0 Å². The lowest BCUT2D eigenvalue weighted by Crippen LogP contribution is -2.29. The fraction of sp³-hybridized carbons (Fsp3) is 0.250. The second-order valence-corrected chi connectivity index (χ2v) is 10.0. The fourth-order valence-corrected chi connectivity index (χ4v) is 4.97. The van der Waals surface area contributed by atoms with Crippen molar-refractivity contribution in [2.75, 3.05) is 10.5 Å². The van der Waals surface area contributed by atoms with Gasteiger partial charge in [0.05, 0.1) is 17.9 Å². The van der Waals surface area contributed by atoms with Crippen LogP contribution in [0.4, 0.5) is 11.4 Å². The molecule has 0 aliphatic heterocycles. The number of nitrogen functional groups attached to an aromatic ring is 1. The highest BCUT2D eigenvalue weighted by molar-refractivity contribution is 7.91. The second kappa shape index (κ2) is 9.22. The first-order valence-corrected chi connectivity index (χ1v) is 12.4. The van der Waals surface area contributed by atoms with Crippen molar-refractivity contribution in [2.45, 2.75) is 37.9 Å². The molecule has 1 saturated carbocycles. The van der Waals surface area contributed by atoms with Gasteiger partial charge in [-0.2, -0.15) is 0 Å². The number of sulfonamides is 1. The number of nitrogens with one attached hydrogen (secondary N) is 1. The Morgan fingerprint density at radius 2 is 1.94 bits per heavy atom. The van der Waals surface area contributed by atoms with Crippen LogP contribution in [0.5, 0.6) is 0 Å². The molecule has 10 heteroatoms. The number of carbonyl (C=O) groups excluding carboxylic acids is 1. The minimum Gasteiger partial charge on any atom is -0.396 e. The van der Waals surface area contributed by atoms with Gasteiger partial charge in [0.25, 0.3) is 5.56 Å². The highest BCUT2D eigenvalue weighted by Gasteiger charge is 2.29. The van der Waals surface area contributed by atoms with Gasteiger partial charge in [-0.25, -0.2) is 18.4 Å². The third-order valence-corrected chi connectivity index (χ3v) is 6.87. The molecule has 0 unspecified atom stereocenters. The van der Waals surface area contributed by atoms with E-state index in [2.05, 4.69) is 21.4 Å². The van der Waals surface area contributed by atoms with Crippen LogP contribution < -0.4 is 16.0 Å². The normalized spacial score (nSPS) is 13.4. The molecule has 4 rings (SSSR count).